The van der Waals surface area contributed by atoms with E-state index in [0.29, 0.717) is 5.82 Å². The molecule has 3 rings (SSSR count). The van der Waals surface area contributed by atoms with E-state index in [-0.39, 0.29) is 0 Å². The van der Waals surface area contributed by atoms with Crippen molar-refractivity contribution in [1.82, 2.24) is 15.0 Å². The quantitative estimate of drug-likeness (QED) is 0.859. The van der Waals surface area contributed by atoms with Gasteiger partial charge in [-0.2, -0.15) is 0 Å². The van der Waals surface area contributed by atoms with Crippen LogP contribution >= 0.6 is 0 Å². The minimum absolute atomic E-state index is 0.717. The van der Waals surface area contributed by atoms with Gasteiger partial charge >= 0.3 is 0 Å². The van der Waals surface area contributed by atoms with E-state index in [9.17, 15) is 0 Å². The Labute approximate surface area is 136 Å². The standard InChI is InChI=1S/C18H22N4O/c1-13-14(2)21-18(16-4-3-8-19-12-16)22-17(13)20-9-5-15-6-10-23-11-7-15/h3-4,6,8,12H,5,7,9-11H2,1-2H3,(H,20,21,22). The average molecular weight is 310 g/mol. The van der Waals surface area contributed by atoms with E-state index >= 15 is 0 Å². The minimum Gasteiger partial charge on any atom is -0.377 e. The number of nitrogens with zero attached hydrogens (tertiary/aromatic N) is 3. The molecule has 1 N–H and O–H groups in total. The van der Waals surface area contributed by atoms with Crippen LogP contribution in [0.4, 0.5) is 5.82 Å². The topological polar surface area (TPSA) is 59.9 Å². The van der Waals surface area contributed by atoms with Crippen LogP contribution in [0.25, 0.3) is 11.4 Å². The van der Waals surface area contributed by atoms with E-state index < -0.39 is 0 Å². The maximum atomic E-state index is 5.34. The molecule has 1 aliphatic rings. The third-order valence-corrected chi connectivity index (χ3v) is 4.10. The Hall–Kier alpha value is -2.27. The molecule has 0 spiro atoms. The van der Waals surface area contributed by atoms with Gasteiger partial charge in [-0.05, 0) is 38.8 Å². The van der Waals surface area contributed by atoms with Gasteiger partial charge in [0.2, 0.25) is 0 Å². The van der Waals surface area contributed by atoms with Gasteiger partial charge in [0.15, 0.2) is 5.82 Å². The molecule has 1 aliphatic heterocycles. The van der Waals surface area contributed by atoms with E-state index in [2.05, 4.69) is 33.3 Å². The van der Waals surface area contributed by atoms with Crippen molar-refractivity contribution >= 4 is 5.82 Å². The molecule has 2 aromatic heterocycles. The Kier molecular flexibility index (Phi) is 4.98. The van der Waals surface area contributed by atoms with Gasteiger partial charge in [0.1, 0.15) is 5.82 Å². The fourth-order valence-electron chi connectivity index (χ4n) is 2.56. The smallest absolute Gasteiger partial charge is 0.163 e. The van der Waals surface area contributed by atoms with Crippen LogP contribution in [0.3, 0.4) is 0 Å². The van der Waals surface area contributed by atoms with E-state index in [1.165, 1.54) is 5.57 Å². The summed E-state index contributed by atoms with van der Waals surface area (Å²) in [5.74, 6) is 1.62. The predicted molar refractivity (Wildman–Crippen MR) is 91.4 cm³/mol. The summed E-state index contributed by atoms with van der Waals surface area (Å²) in [6.07, 6.45) is 7.79. The molecule has 0 atom stereocenters. The highest BCUT2D eigenvalue weighted by atomic mass is 16.5. The summed E-state index contributed by atoms with van der Waals surface area (Å²) in [4.78, 5) is 13.4. The molecule has 2 aromatic rings. The van der Waals surface area contributed by atoms with Crippen LogP contribution in [0, 0.1) is 13.8 Å². The Morgan fingerprint density at radius 2 is 2.17 bits per heavy atom. The third kappa shape index (κ3) is 3.93. The highest BCUT2D eigenvalue weighted by molar-refractivity contribution is 5.58. The second-order valence-electron chi connectivity index (χ2n) is 5.71. The predicted octanol–water partition coefficient (Wildman–Crippen LogP) is 3.30. The summed E-state index contributed by atoms with van der Waals surface area (Å²) in [5, 5.41) is 3.46. The van der Waals surface area contributed by atoms with E-state index in [1.807, 2.05) is 19.1 Å². The molecule has 23 heavy (non-hydrogen) atoms. The molecular formula is C18H22N4O. The average Bonchev–Trinajstić information content (AvgIpc) is 2.60. The van der Waals surface area contributed by atoms with Crippen LogP contribution in [-0.4, -0.2) is 34.7 Å². The summed E-state index contributed by atoms with van der Waals surface area (Å²) >= 11 is 0. The van der Waals surface area contributed by atoms with Crippen molar-refractivity contribution in [2.75, 3.05) is 25.1 Å². The van der Waals surface area contributed by atoms with Crippen LogP contribution in [0.2, 0.25) is 0 Å². The monoisotopic (exact) mass is 310 g/mol. The molecule has 5 nitrogen and oxygen atoms in total. The van der Waals surface area contributed by atoms with Gasteiger partial charge < -0.3 is 10.1 Å². The normalized spacial score (nSPS) is 14.4. The zero-order valence-electron chi connectivity index (χ0n) is 13.7. The van der Waals surface area contributed by atoms with Gasteiger partial charge in [0, 0.05) is 35.8 Å². The molecule has 3 heterocycles. The first-order valence-corrected chi connectivity index (χ1v) is 7.99. The van der Waals surface area contributed by atoms with Gasteiger partial charge in [0.25, 0.3) is 0 Å². The molecule has 0 radical (unpaired) electrons. The second-order valence-corrected chi connectivity index (χ2v) is 5.71. The zero-order valence-corrected chi connectivity index (χ0v) is 13.7. The molecular weight excluding hydrogens is 288 g/mol. The van der Waals surface area contributed by atoms with E-state index in [4.69, 9.17) is 4.74 Å². The highest BCUT2D eigenvalue weighted by Gasteiger charge is 2.10. The molecule has 120 valence electrons. The number of nitrogens with one attached hydrogen (secondary N) is 1. The highest BCUT2D eigenvalue weighted by Crippen LogP contribution is 2.21. The van der Waals surface area contributed by atoms with Crippen molar-refractivity contribution < 1.29 is 4.74 Å². The van der Waals surface area contributed by atoms with Crippen LogP contribution in [0.15, 0.2) is 36.2 Å². The minimum atomic E-state index is 0.717. The lowest BCUT2D eigenvalue weighted by Crippen LogP contribution is -2.11. The molecule has 0 fully saturated rings. The van der Waals surface area contributed by atoms with Crippen LogP contribution < -0.4 is 5.32 Å². The SMILES string of the molecule is Cc1nc(-c2cccnc2)nc(NCCC2=CCOCC2)c1C. The molecule has 0 aliphatic carbocycles. The van der Waals surface area contributed by atoms with Crippen LogP contribution in [-0.2, 0) is 4.74 Å². The van der Waals surface area contributed by atoms with Crippen molar-refractivity contribution in [3.05, 3.63) is 47.4 Å². The summed E-state index contributed by atoms with van der Waals surface area (Å²) in [6, 6.07) is 3.88. The van der Waals surface area contributed by atoms with E-state index in [1.54, 1.807) is 12.4 Å². The Balaban J connectivity index is 1.73. The van der Waals surface area contributed by atoms with E-state index in [0.717, 1.165) is 55.2 Å². The van der Waals surface area contributed by atoms with Gasteiger partial charge in [0.05, 0.1) is 13.2 Å². The summed E-state index contributed by atoms with van der Waals surface area (Å²) in [6.45, 7) is 6.52. The number of aryl methyl sites for hydroxylation is 1. The van der Waals surface area contributed by atoms with Crippen molar-refractivity contribution in [3.63, 3.8) is 0 Å². The van der Waals surface area contributed by atoms with Crippen molar-refractivity contribution in [3.8, 4) is 11.4 Å². The zero-order chi connectivity index (χ0) is 16.1. The first kappa shape index (κ1) is 15.6. The number of hydrogen-bond donors (Lipinski definition) is 1. The largest absolute Gasteiger partial charge is 0.377 e. The van der Waals surface area contributed by atoms with Crippen molar-refractivity contribution in [1.29, 1.82) is 0 Å². The van der Waals surface area contributed by atoms with Crippen LogP contribution in [0.1, 0.15) is 24.1 Å². The number of hydrogen-bond acceptors (Lipinski definition) is 5. The molecule has 0 saturated carbocycles. The lowest BCUT2D eigenvalue weighted by atomic mass is 10.1. The van der Waals surface area contributed by atoms with Gasteiger partial charge in [-0.3, -0.25) is 4.98 Å². The van der Waals surface area contributed by atoms with Gasteiger partial charge in [-0.25, -0.2) is 9.97 Å². The number of aromatic nitrogens is 3. The summed E-state index contributed by atoms with van der Waals surface area (Å²) in [7, 11) is 0. The lowest BCUT2D eigenvalue weighted by Gasteiger charge is -2.15. The number of ether oxygens (including phenoxy) is 1. The maximum Gasteiger partial charge on any atom is 0.163 e. The molecule has 0 amide bonds. The third-order valence-electron chi connectivity index (χ3n) is 4.10. The number of pyridine rings is 1. The Bertz CT molecular complexity index is 698. The maximum absolute atomic E-state index is 5.34. The summed E-state index contributed by atoms with van der Waals surface area (Å²) in [5.41, 5.74) is 4.48. The fraction of sp³-hybridized carbons (Fsp3) is 0.389. The lowest BCUT2D eigenvalue weighted by molar-refractivity contribution is 0.153. The Morgan fingerprint density at radius 1 is 1.26 bits per heavy atom. The number of anilines is 1. The van der Waals surface area contributed by atoms with Crippen molar-refractivity contribution in [2.24, 2.45) is 0 Å². The summed E-state index contributed by atoms with van der Waals surface area (Å²) < 4.78 is 5.34. The molecule has 0 saturated heterocycles. The first-order chi connectivity index (χ1) is 11.2. The van der Waals surface area contributed by atoms with Crippen molar-refractivity contribution in [2.45, 2.75) is 26.7 Å². The Morgan fingerprint density at radius 3 is 2.91 bits per heavy atom. The van der Waals surface area contributed by atoms with Gasteiger partial charge in [-0.15, -0.1) is 0 Å². The molecule has 0 aromatic carbocycles. The second kappa shape index (κ2) is 7.33. The molecule has 5 heteroatoms. The fourth-order valence-corrected chi connectivity index (χ4v) is 2.56. The number of rotatable bonds is 5. The van der Waals surface area contributed by atoms with Crippen LogP contribution in [0.5, 0.6) is 0 Å². The van der Waals surface area contributed by atoms with Gasteiger partial charge in [-0.1, -0.05) is 11.6 Å². The molecule has 0 bridgehead atoms. The first-order valence-electron chi connectivity index (χ1n) is 7.99. The molecule has 0 unspecified atom stereocenters.